The number of imide groups is 1. The van der Waals surface area contributed by atoms with Crippen molar-refractivity contribution in [1.29, 1.82) is 0 Å². The second-order valence-electron chi connectivity index (χ2n) is 4.57. The Morgan fingerprint density at radius 3 is 2.31 bits per heavy atom. The molecule has 1 aromatic rings. The number of para-hydroxylation sites is 1. The van der Waals surface area contributed by atoms with Crippen molar-refractivity contribution in [3.05, 3.63) is 30.3 Å². The molecule has 0 bridgehead atoms. The van der Waals surface area contributed by atoms with Crippen molar-refractivity contribution >= 4 is 17.5 Å². The smallest absolute Gasteiger partial charge is 0.254 e. The molecule has 84 valence electrons. The van der Waals surface area contributed by atoms with Gasteiger partial charge < -0.3 is 0 Å². The number of anilines is 1. The molecule has 1 N–H and O–H groups in total. The second kappa shape index (κ2) is 3.63. The van der Waals surface area contributed by atoms with E-state index in [4.69, 9.17) is 0 Å². The molecule has 16 heavy (non-hydrogen) atoms. The second-order valence-corrected chi connectivity index (χ2v) is 4.57. The van der Waals surface area contributed by atoms with Crippen molar-refractivity contribution in [3.8, 4) is 0 Å². The van der Waals surface area contributed by atoms with Gasteiger partial charge in [-0.2, -0.15) is 5.01 Å². The summed E-state index contributed by atoms with van der Waals surface area (Å²) in [7, 11) is 0. The Bertz CT molecular complexity index is 426. The van der Waals surface area contributed by atoms with Gasteiger partial charge in [0.25, 0.3) is 5.91 Å². The molecule has 0 spiro atoms. The van der Waals surface area contributed by atoms with Crippen LogP contribution < -0.4 is 5.43 Å². The fourth-order valence-electron chi connectivity index (χ4n) is 1.70. The Balaban J connectivity index is 2.18. The third kappa shape index (κ3) is 1.78. The highest BCUT2D eigenvalue weighted by molar-refractivity contribution is 6.06. The molecule has 0 radical (unpaired) electrons. The summed E-state index contributed by atoms with van der Waals surface area (Å²) in [5.41, 5.74) is 2.97. The van der Waals surface area contributed by atoms with Crippen LogP contribution in [0.25, 0.3) is 0 Å². The standard InChI is InChI=1S/C12H14N2O2/c1-12(2)8-10(15)14(11(12)16)13-9-6-4-3-5-7-9/h3-7,13H,8H2,1-2H3. The van der Waals surface area contributed by atoms with Crippen LogP contribution in [-0.4, -0.2) is 16.8 Å². The minimum Gasteiger partial charge on any atom is -0.289 e. The Hall–Kier alpha value is -1.84. The number of benzene rings is 1. The van der Waals surface area contributed by atoms with Gasteiger partial charge in [-0.05, 0) is 12.1 Å². The number of nitrogens with one attached hydrogen (secondary N) is 1. The summed E-state index contributed by atoms with van der Waals surface area (Å²) in [6.45, 7) is 3.56. The van der Waals surface area contributed by atoms with Crippen LogP contribution in [0.5, 0.6) is 0 Å². The van der Waals surface area contributed by atoms with Crippen molar-refractivity contribution in [3.63, 3.8) is 0 Å². The van der Waals surface area contributed by atoms with E-state index in [1.165, 1.54) is 0 Å². The molecular weight excluding hydrogens is 204 g/mol. The van der Waals surface area contributed by atoms with Crippen LogP contribution >= 0.6 is 0 Å². The topological polar surface area (TPSA) is 49.4 Å². The van der Waals surface area contributed by atoms with Crippen molar-refractivity contribution in [2.24, 2.45) is 5.41 Å². The van der Waals surface area contributed by atoms with Gasteiger partial charge in [-0.3, -0.25) is 15.0 Å². The minimum atomic E-state index is -0.598. The predicted molar refractivity (Wildman–Crippen MR) is 60.3 cm³/mol. The normalized spacial score (nSPS) is 19.0. The number of hydrogen-bond acceptors (Lipinski definition) is 3. The Morgan fingerprint density at radius 1 is 1.19 bits per heavy atom. The maximum absolute atomic E-state index is 11.9. The fourth-order valence-corrected chi connectivity index (χ4v) is 1.70. The van der Waals surface area contributed by atoms with Crippen LogP contribution in [-0.2, 0) is 9.59 Å². The van der Waals surface area contributed by atoms with E-state index in [0.717, 1.165) is 10.7 Å². The Morgan fingerprint density at radius 2 is 1.81 bits per heavy atom. The molecule has 1 aliphatic rings. The highest BCUT2D eigenvalue weighted by Gasteiger charge is 2.45. The van der Waals surface area contributed by atoms with Gasteiger partial charge in [0.1, 0.15) is 0 Å². The highest BCUT2D eigenvalue weighted by Crippen LogP contribution is 2.31. The van der Waals surface area contributed by atoms with Crippen LogP contribution in [0.1, 0.15) is 20.3 Å². The molecule has 0 atom stereocenters. The molecule has 4 heteroatoms. The van der Waals surface area contributed by atoms with Gasteiger partial charge in [0.2, 0.25) is 5.91 Å². The van der Waals surface area contributed by atoms with Crippen molar-refractivity contribution < 1.29 is 9.59 Å². The van der Waals surface area contributed by atoms with Gasteiger partial charge in [0.15, 0.2) is 0 Å². The van der Waals surface area contributed by atoms with Gasteiger partial charge in [-0.15, -0.1) is 0 Å². The summed E-state index contributed by atoms with van der Waals surface area (Å²) in [6, 6.07) is 9.19. The van der Waals surface area contributed by atoms with Gasteiger partial charge in [0, 0.05) is 6.42 Å². The number of carbonyl (C=O) groups is 2. The first kappa shape index (κ1) is 10.7. The first-order valence-corrected chi connectivity index (χ1v) is 5.20. The molecule has 2 rings (SSSR count). The average Bonchev–Trinajstić information content (AvgIpc) is 2.42. The lowest BCUT2D eigenvalue weighted by atomic mass is 9.92. The van der Waals surface area contributed by atoms with Gasteiger partial charge >= 0.3 is 0 Å². The first-order chi connectivity index (χ1) is 7.50. The molecule has 2 amide bonds. The zero-order chi connectivity index (χ0) is 11.8. The van der Waals surface area contributed by atoms with Gasteiger partial charge in [0.05, 0.1) is 11.1 Å². The van der Waals surface area contributed by atoms with E-state index in [0.29, 0.717) is 0 Å². The lowest BCUT2D eigenvalue weighted by Gasteiger charge is -2.19. The number of amides is 2. The van der Waals surface area contributed by atoms with E-state index >= 15 is 0 Å². The lowest BCUT2D eigenvalue weighted by molar-refractivity contribution is -0.139. The number of nitrogens with zero attached hydrogens (tertiary/aromatic N) is 1. The largest absolute Gasteiger partial charge is 0.289 e. The maximum Gasteiger partial charge on any atom is 0.254 e. The Labute approximate surface area is 94.2 Å². The summed E-state index contributed by atoms with van der Waals surface area (Å²) in [4.78, 5) is 23.5. The SMILES string of the molecule is CC1(C)CC(=O)N(Nc2ccccc2)C1=O. The van der Waals surface area contributed by atoms with E-state index in [-0.39, 0.29) is 18.2 Å². The molecule has 1 aromatic carbocycles. The monoisotopic (exact) mass is 218 g/mol. The van der Waals surface area contributed by atoms with Gasteiger partial charge in [-0.1, -0.05) is 32.0 Å². The third-order valence-electron chi connectivity index (χ3n) is 2.64. The van der Waals surface area contributed by atoms with Crippen LogP contribution in [0.4, 0.5) is 5.69 Å². The summed E-state index contributed by atoms with van der Waals surface area (Å²) >= 11 is 0. The van der Waals surface area contributed by atoms with E-state index in [9.17, 15) is 9.59 Å². The molecule has 1 fully saturated rings. The van der Waals surface area contributed by atoms with E-state index in [1.54, 1.807) is 13.8 Å². The highest BCUT2D eigenvalue weighted by atomic mass is 16.2. The van der Waals surface area contributed by atoms with E-state index < -0.39 is 5.41 Å². The average molecular weight is 218 g/mol. The van der Waals surface area contributed by atoms with Crippen LogP contribution in [0.3, 0.4) is 0 Å². The zero-order valence-corrected chi connectivity index (χ0v) is 9.36. The van der Waals surface area contributed by atoms with Crippen LogP contribution in [0.2, 0.25) is 0 Å². The van der Waals surface area contributed by atoms with Crippen molar-refractivity contribution in [1.82, 2.24) is 5.01 Å². The molecular formula is C12H14N2O2. The summed E-state index contributed by atoms with van der Waals surface area (Å²) in [6.07, 6.45) is 0.256. The zero-order valence-electron chi connectivity index (χ0n) is 9.36. The van der Waals surface area contributed by atoms with Gasteiger partial charge in [-0.25, -0.2) is 0 Å². The first-order valence-electron chi connectivity index (χ1n) is 5.20. The summed E-state index contributed by atoms with van der Waals surface area (Å²) in [5.74, 6) is -0.361. The van der Waals surface area contributed by atoms with E-state index in [2.05, 4.69) is 5.43 Å². The summed E-state index contributed by atoms with van der Waals surface area (Å²) in [5, 5.41) is 1.11. The van der Waals surface area contributed by atoms with Crippen molar-refractivity contribution in [2.75, 3.05) is 5.43 Å². The molecule has 0 saturated carbocycles. The lowest BCUT2D eigenvalue weighted by Crippen LogP contribution is -2.37. The molecule has 1 aliphatic heterocycles. The molecule has 0 aromatic heterocycles. The number of carbonyl (C=O) groups excluding carboxylic acids is 2. The van der Waals surface area contributed by atoms with E-state index in [1.807, 2.05) is 30.3 Å². The van der Waals surface area contributed by atoms with Crippen molar-refractivity contribution in [2.45, 2.75) is 20.3 Å². The number of hydrazine groups is 1. The van der Waals surface area contributed by atoms with Crippen LogP contribution in [0, 0.1) is 5.41 Å². The minimum absolute atomic E-state index is 0.179. The molecule has 1 saturated heterocycles. The summed E-state index contributed by atoms with van der Waals surface area (Å²) < 4.78 is 0. The number of rotatable bonds is 2. The molecule has 0 aliphatic carbocycles. The maximum atomic E-state index is 11.9. The quantitative estimate of drug-likeness (QED) is 0.770. The predicted octanol–water partition coefficient (Wildman–Crippen LogP) is 1.80. The van der Waals surface area contributed by atoms with Crippen LogP contribution in [0.15, 0.2) is 30.3 Å². The molecule has 0 unspecified atom stereocenters. The number of hydrogen-bond donors (Lipinski definition) is 1. The Kier molecular flexibility index (Phi) is 2.42. The fraction of sp³-hybridized carbons (Fsp3) is 0.333. The molecule has 4 nitrogen and oxygen atoms in total. The third-order valence-corrected chi connectivity index (χ3v) is 2.64. The molecule has 1 heterocycles.